The standard InChI is InChI=1S/C11H9F2NO3S/c12-7-3-8(13)9(2-6(7)11(16)17)14-4-5(18)1-10(14)15/h2-3,5,18H,1,4H2,(H,16,17). The van der Waals surface area contributed by atoms with Crippen LogP contribution in [0.5, 0.6) is 0 Å². The number of carbonyl (C=O) groups excluding carboxylic acids is 1. The first kappa shape index (κ1) is 12.8. The van der Waals surface area contributed by atoms with Gasteiger partial charge in [0.1, 0.15) is 11.6 Å². The molecule has 2 rings (SSSR count). The number of amides is 1. The minimum Gasteiger partial charge on any atom is -0.478 e. The van der Waals surface area contributed by atoms with Crippen LogP contribution in [0.1, 0.15) is 16.8 Å². The second kappa shape index (κ2) is 4.56. The van der Waals surface area contributed by atoms with Crippen LogP contribution >= 0.6 is 12.6 Å². The van der Waals surface area contributed by atoms with Crippen molar-refractivity contribution >= 4 is 30.2 Å². The maximum atomic E-state index is 13.6. The first-order valence-electron chi connectivity index (χ1n) is 5.11. The summed E-state index contributed by atoms with van der Waals surface area (Å²) < 4.78 is 26.8. The summed E-state index contributed by atoms with van der Waals surface area (Å²) in [6.07, 6.45) is 0.141. The van der Waals surface area contributed by atoms with Gasteiger partial charge in [-0.3, -0.25) is 4.79 Å². The summed E-state index contributed by atoms with van der Waals surface area (Å²) in [6.45, 7) is 0.170. The van der Waals surface area contributed by atoms with Gasteiger partial charge in [-0.25, -0.2) is 13.6 Å². The van der Waals surface area contributed by atoms with Gasteiger partial charge in [0.05, 0.1) is 11.3 Å². The lowest BCUT2D eigenvalue weighted by molar-refractivity contribution is -0.117. The van der Waals surface area contributed by atoms with Crippen molar-refractivity contribution < 1.29 is 23.5 Å². The highest BCUT2D eigenvalue weighted by Crippen LogP contribution is 2.28. The molecule has 1 saturated heterocycles. The molecule has 1 fully saturated rings. The Labute approximate surface area is 107 Å². The van der Waals surface area contributed by atoms with Gasteiger partial charge in [-0.1, -0.05) is 0 Å². The predicted octanol–water partition coefficient (Wildman–Crippen LogP) is 1.70. The first-order chi connectivity index (χ1) is 8.40. The molecule has 4 nitrogen and oxygen atoms in total. The maximum absolute atomic E-state index is 13.6. The largest absolute Gasteiger partial charge is 0.478 e. The fourth-order valence-corrected chi connectivity index (χ4v) is 2.15. The van der Waals surface area contributed by atoms with E-state index in [2.05, 4.69) is 12.6 Å². The number of halogens is 2. The summed E-state index contributed by atoms with van der Waals surface area (Å²) in [4.78, 5) is 23.4. The van der Waals surface area contributed by atoms with Crippen LogP contribution in [-0.4, -0.2) is 28.8 Å². The van der Waals surface area contributed by atoms with E-state index in [1.807, 2.05) is 0 Å². The average molecular weight is 273 g/mol. The zero-order valence-electron chi connectivity index (χ0n) is 9.06. The Bertz CT molecular complexity index is 535. The van der Waals surface area contributed by atoms with Gasteiger partial charge in [0.25, 0.3) is 0 Å². The van der Waals surface area contributed by atoms with Gasteiger partial charge in [0.2, 0.25) is 5.91 Å². The van der Waals surface area contributed by atoms with Crippen molar-refractivity contribution in [2.24, 2.45) is 0 Å². The smallest absolute Gasteiger partial charge is 0.338 e. The zero-order valence-corrected chi connectivity index (χ0v) is 9.95. The number of anilines is 1. The Morgan fingerprint density at radius 3 is 2.56 bits per heavy atom. The topological polar surface area (TPSA) is 57.6 Å². The van der Waals surface area contributed by atoms with Crippen LogP contribution in [0.4, 0.5) is 14.5 Å². The number of carboxylic acids is 1. The summed E-state index contributed by atoms with van der Waals surface area (Å²) in [7, 11) is 0. The lowest BCUT2D eigenvalue weighted by Gasteiger charge is -2.17. The van der Waals surface area contributed by atoms with E-state index in [4.69, 9.17) is 5.11 Å². The quantitative estimate of drug-likeness (QED) is 0.806. The van der Waals surface area contributed by atoms with E-state index in [-0.39, 0.29) is 29.8 Å². The molecule has 1 aliphatic heterocycles. The lowest BCUT2D eigenvalue weighted by Crippen LogP contribution is -2.26. The zero-order chi connectivity index (χ0) is 13.4. The van der Waals surface area contributed by atoms with Crippen LogP contribution in [0.25, 0.3) is 0 Å². The SMILES string of the molecule is O=C(O)c1cc(N2CC(S)CC2=O)c(F)cc1F. The van der Waals surface area contributed by atoms with Gasteiger partial charge in [-0.2, -0.15) is 12.6 Å². The third-order valence-corrected chi connectivity index (χ3v) is 3.01. The summed E-state index contributed by atoms with van der Waals surface area (Å²) in [5.74, 6) is -4.01. The molecule has 0 bridgehead atoms. The highest BCUT2D eigenvalue weighted by atomic mass is 32.1. The molecule has 1 unspecified atom stereocenters. The van der Waals surface area contributed by atoms with E-state index in [1.54, 1.807) is 0 Å². The normalized spacial score (nSPS) is 19.4. The molecule has 0 aromatic heterocycles. The van der Waals surface area contributed by atoms with Gasteiger partial charge in [-0.05, 0) is 6.07 Å². The lowest BCUT2D eigenvalue weighted by atomic mass is 10.1. The van der Waals surface area contributed by atoms with Gasteiger partial charge < -0.3 is 10.0 Å². The van der Waals surface area contributed by atoms with Crippen molar-refractivity contribution in [2.75, 3.05) is 11.4 Å². The molecule has 7 heteroatoms. The number of aromatic carboxylic acids is 1. The molecule has 1 aromatic rings. The monoisotopic (exact) mass is 273 g/mol. The Kier molecular flexibility index (Phi) is 3.25. The summed E-state index contributed by atoms with van der Waals surface area (Å²) in [6, 6.07) is 1.30. The predicted molar refractivity (Wildman–Crippen MR) is 63.1 cm³/mol. The molecular weight excluding hydrogens is 264 g/mol. The average Bonchev–Trinajstić information content (AvgIpc) is 2.57. The number of hydrogen-bond donors (Lipinski definition) is 2. The Morgan fingerprint density at radius 2 is 2.06 bits per heavy atom. The van der Waals surface area contributed by atoms with Crippen LogP contribution < -0.4 is 4.90 Å². The van der Waals surface area contributed by atoms with E-state index in [0.29, 0.717) is 6.07 Å². The van der Waals surface area contributed by atoms with E-state index < -0.39 is 23.2 Å². The molecular formula is C11H9F2NO3S. The molecule has 96 valence electrons. The molecule has 1 aliphatic rings. The second-order valence-electron chi connectivity index (χ2n) is 3.95. The van der Waals surface area contributed by atoms with Gasteiger partial charge in [-0.15, -0.1) is 0 Å². The second-order valence-corrected chi connectivity index (χ2v) is 4.68. The molecule has 1 N–H and O–H groups in total. The van der Waals surface area contributed by atoms with Gasteiger partial charge in [0.15, 0.2) is 0 Å². The minimum atomic E-state index is -1.51. The molecule has 1 heterocycles. The maximum Gasteiger partial charge on any atom is 0.338 e. The Hall–Kier alpha value is -1.63. The third kappa shape index (κ3) is 2.17. The number of carboxylic acid groups (broad SMARTS) is 1. The molecule has 0 aliphatic carbocycles. The van der Waals surface area contributed by atoms with E-state index in [0.717, 1.165) is 11.0 Å². The van der Waals surface area contributed by atoms with Gasteiger partial charge >= 0.3 is 5.97 Å². The Morgan fingerprint density at radius 1 is 1.39 bits per heavy atom. The number of hydrogen-bond acceptors (Lipinski definition) is 3. The van der Waals surface area contributed by atoms with Crippen molar-refractivity contribution in [3.63, 3.8) is 0 Å². The Balaban J connectivity index is 2.48. The van der Waals surface area contributed by atoms with Gasteiger partial charge in [0, 0.05) is 24.3 Å². The molecule has 1 amide bonds. The van der Waals surface area contributed by atoms with Crippen LogP contribution in [0.3, 0.4) is 0 Å². The number of benzene rings is 1. The van der Waals surface area contributed by atoms with Crippen molar-refractivity contribution in [3.8, 4) is 0 Å². The number of nitrogens with zero attached hydrogens (tertiary/aromatic N) is 1. The molecule has 1 aromatic carbocycles. The number of thiol groups is 1. The summed E-state index contributed by atoms with van der Waals surface area (Å²) >= 11 is 4.11. The minimum absolute atomic E-state index is 0.141. The number of carbonyl (C=O) groups is 2. The van der Waals surface area contributed by atoms with Crippen LogP contribution in [0, 0.1) is 11.6 Å². The summed E-state index contributed by atoms with van der Waals surface area (Å²) in [5, 5.41) is 8.52. The van der Waals surface area contributed by atoms with E-state index in [1.165, 1.54) is 0 Å². The number of rotatable bonds is 2. The van der Waals surface area contributed by atoms with Crippen molar-refractivity contribution in [2.45, 2.75) is 11.7 Å². The highest BCUT2D eigenvalue weighted by Gasteiger charge is 2.31. The molecule has 1 atom stereocenters. The van der Waals surface area contributed by atoms with Crippen LogP contribution in [0.15, 0.2) is 12.1 Å². The van der Waals surface area contributed by atoms with Crippen molar-refractivity contribution in [3.05, 3.63) is 29.3 Å². The molecule has 0 saturated carbocycles. The van der Waals surface area contributed by atoms with Crippen molar-refractivity contribution in [1.29, 1.82) is 0 Å². The molecule has 0 radical (unpaired) electrons. The fraction of sp³-hybridized carbons (Fsp3) is 0.273. The molecule has 18 heavy (non-hydrogen) atoms. The van der Waals surface area contributed by atoms with E-state index >= 15 is 0 Å². The summed E-state index contributed by atoms with van der Waals surface area (Å²) in [5.41, 5.74) is -0.892. The third-order valence-electron chi connectivity index (χ3n) is 2.66. The highest BCUT2D eigenvalue weighted by molar-refractivity contribution is 7.81. The first-order valence-corrected chi connectivity index (χ1v) is 5.62. The van der Waals surface area contributed by atoms with Crippen LogP contribution in [0.2, 0.25) is 0 Å². The van der Waals surface area contributed by atoms with E-state index in [9.17, 15) is 18.4 Å². The van der Waals surface area contributed by atoms with Crippen molar-refractivity contribution in [1.82, 2.24) is 0 Å². The van der Waals surface area contributed by atoms with Crippen LogP contribution in [-0.2, 0) is 4.79 Å². The fourth-order valence-electron chi connectivity index (χ4n) is 1.83. The molecule has 0 spiro atoms.